The Bertz CT molecular complexity index is 342. The molecule has 2 N–H and O–H groups in total. The van der Waals surface area contributed by atoms with Crippen molar-refractivity contribution in [3.63, 3.8) is 0 Å². The first kappa shape index (κ1) is 11.5. The molecule has 2 unspecified atom stereocenters. The molecule has 2 rings (SSSR count). The molecule has 0 saturated heterocycles. The zero-order chi connectivity index (χ0) is 11.7. The number of nitrogens with zero attached hydrogens (tertiary/aromatic N) is 1. The summed E-state index contributed by atoms with van der Waals surface area (Å²) in [4.78, 5) is 2.35. The van der Waals surface area contributed by atoms with Crippen molar-refractivity contribution < 1.29 is 0 Å². The van der Waals surface area contributed by atoms with Crippen molar-refractivity contribution in [2.45, 2.75) is 26.3 Å². The second-order valence-corrected chi connectivity index (χ2v) is 5.23. The Kier molecular flexibility index (Phi) is 3.20. The van der Waals surface area contributed by atoms with E-state index in [2.05, 4.69) is 43.1 Å². The van der Waals surface area contributed by atoms with Crippen LogP contribution in [0.1, 0.15) is 31.9 Å². The molecule has 1 aliphatic carbocycles. The second-order valence-electron chi connectivity index (χ2n) is 5.23. The number of hydrogen-bond acceptors (Lipinski definition) is 2. The van der Waals surface area contributed by atoms with Gasteiger partial charge in [-0.2, -0.15) is 0 Å². The minimum Gasteiger partial charge on any atom is -0.374 e. The third-order valence-corrected chi connectivity index (χ3v) is 3.64. The van der Waals surface area contributed by atoms with E-state index < -0.39 is 0 Å². The highest BCUT2D eigenvalue weighted by molar-refractivity contribution is 5.47. The van der Waals surface area contributed by atoms with E-state index in [1.165, 1.54) is 24.2 Å². The molecule has 0 bridgehead atoms. The number of benzene rings is 1. The smallest absolute Gasteiger partial charge is 0.0363 e. The summed E-state index contributed by atoms with van der Waals surface area (Å²) < 4.78 is 0. The molecule has 1 saturated carbocycles. The normalized spacial score (nSPS) is 25.2. The van der Waals surface area contributed by atoms with Crippen LogP contribution in [-0.4, -0.2) is 13.6 Å². The van der Waals surface area contributed by atoms with Crippen molar-refractivity contribution in [2.24, 2.45) is 17.6 Å². The Morgan fingerprint density at radius 3 is 2.38 bits per heavy atom. The van der Waals surface area contributed by atoms with E-state index in [1.807, 2.05) is 6.92 Å². The first-order chi connectivity index (χ1) is 7.58. The molecule has 2 heteroatoms. The van der Waals surface area contributed by atoms with Gasteiger partial charge in [-0.15, -0.1) is 0 Å². The van der Waals surface area contributed by atoms with Gasteiger partial charge in [0.25, 0.3) is 0 Å². The summed E-state index contributed by atoms with van der Waals surface area (Å²) in [5.74, 6) is 1.82. The summed E-state index contributed by atoms with van der Waals surface area (Å²) in [6, 6.07) is 8.74. The fourth-order valence-electron chi connectivity index (χ4n) is 2.14. The highest BCUT2D eigenvalue weighted by Gasteiger charge is 2.33. The van der Waals surface area contributed by atoms with Crippen LogP contribution < -0.4 is 10.6 Å². The molecule has 16 heavy (non-hydrogen) atoms. The van der Waals surface area contributed by atoms with Gasteiger partial charge in [0.15, 0.2) is 0 Å². The third kappa shape index (κ3) is 2.56. The standard InChI is InChI=1S/C14H22N2/c1-10-8-13(10)9-16(3)14-6-4-12(5-7-14)11(2)15/h4-7,10-11,13H,8-9,15H2,1-3H3/t10?,11-,13?/m1/s1. The molecule has 3 atom stereocenters. The van der Waals surface area contributed by atoms with Crippen molar-refractivity contribution in [1.29, 1.82) is 0 Å². The average Bonchev–Trinajstić information content (AvgIpc) is 2.94. The third-order valence-electron chi connectivity index (χ3n) is 3.64. The van der Waals surface area contributed by atoms with Crippen LogP contribution in [0.3, 0.4) is 0 Å². The van der Waals surface area contributed by atoms with Crippen molar-refractivity contribution in [2.75, 3.05) is 18.5 Å². The molecular weight excluding hydrogens is 196 g/mol. The fourth-order valence-corrected chi connectivity index (χ4v) is 2.14. The summed E-state index contributed by atoms with van der Waals surface area (Å²) in [6.07, 6.45) is 1.39. The Morgan fingerprint density at radius 1 is 1.38 bits per heavy atom. The minimum absolute atomic E-state index is 0.128. The van der Waals surface area contributed by atoms with Gasteiger partial charge in [-0.1, -0.05) is 19.1 Å². The van der Waals surface area contributed by atoms with Gasteiger partial charge in [0.05, 0.1) is 0 Å². The van der Waals surface area contributed by atoms with E-state index in [9.17, 15) is 0 Å². The largest absolute Gasteiger partial charge is 0.374 e. The van der Waals surface area contributed by atoms with Gasteiger partial charge in [-0.3, -0.25) is 0 Å². The summed E-state index contributed by atoms with van der Waals surface area (Å²) in [7, 11) is 2.17. The van der Waals surface area contributed by atoms with Gasteiger partial charge in [-0.05, 0) is 42.9 Å². The highest BCUT2D eigenvalue weighted by Crippen LogP contribution is 2.38. The molecule has 88 valence electrons. The predicted octanol–water partition coefficient (Wildman–Crippen LogP) is 2.80. The predicted molar refractivity (Wildman–Crippen MR) is 69.6 cm³/mol. The number of rotatable bonds is 4. The van der Waals surface area contributed by atoms with E-state index in [0.717, 1.165) is 11.8 Å². The van der Waals surface area contributed by atoms with Crippen molar-refractivity contribution in [3.05, 3.63) is 29.8 Å². The first-order valence-electron chi connectivity index (χ1n) is 6.14. The minimum atomic E-state index is 0.128. The van der Waals surface area contributed by atoms with Crippen LogP contribution in [-0.2, 0) is 0 Å². The maximum absolute atomic E-state index is 5.84. The Balaban J connectivity index is 1.97. The van der Waals surface area contributed by atoms with Crippen LogP contribution in [0.5, 0.6) is 0 Å². The molecule has 1 fully saturated rings. The Hall–Kier alpha value is -1.02. The second kappa shape index (κ2) is 4.46. The van der Waals surface area contributed by atoms with Crippen LogP contribution in [0.4, 0.5) is 5.69 Å². The number of nitrogens with two attached hydrogens (primary N) is 1. The summed E-state index contributed by atoms with van der Waals surface area (Å²) in [5, 5.41) is 0. The first-order valence-corrected chi connectivity index (χ1v) is 6.14. The number of hydrogen-bond donors (Lipinski definition) is 1. The Labute approximate surface area is 98.4 Å². The summed E-state index contributed by atoms with van der Waals surface area (Å²) >= 11 is 0. The lowest BCUT2D eigenvalue weighted by molar-refractivity contribution is 0.725. The van der Waals surface area contributed by atoms with Crippen LogP contribution >= 0.6 is 0 Å². The van der Waals surface area contributed by atoms with E-state index in [1.54, 1.807) is 0 Å². The average molecular weight is 218 g/mol. The molecule has 0 heterocycles. The molecule has 2 nitrogen and oxygen atoms in total. The maximum atomic E-state index is 5.84. The van der Waals surface area contributed by atoms with Gasteiger partial charge >= 0.3 is 0 Å². The zero-order valence-corrected chi connectivity index (χ0v) is 10.5. The summed E-state index contributed by atoms with van der Waals surface area (Å²) in [6.45, 7) is 5.53. The van der Waals surface area contributed by atoms with Crippen molar-refractivity contribution in [1.82, 2.24) is 0 Å². The molecule has 1 aliphatic rings. The monoisotopic (exact) mass is 218 g/mol. The molecule has 0 radical (unpaired) electrons. The lowest BCUT2D eigenvalue weighted by atomic mass is 10.1. The molecule has 0 amide bonds. The lowest BCUT2D eigenvalue weighted by Gasteiger charge is -2.20. The zero-order valence-electron chi connectivity index (χ0n) is 10.5. The molecule has 1 aromatic carbocycles. The van der Waals surface area contributed by atoms with Crippen LogP contribution in [0.2, 0.25) is 0 Å². The molecule has 0 aliphatic heterocycles. The molecule has 0 spiro atoms. The summed E-state index contributed by atoms with van der Waals surface area (Å²) in [5.41, 5.74) is 8.34. The van der Waals surface area contributed by atoms with Crippen molar-refractivity contribution >= 4 is 5.69 Å². The van der Waals surface area contributed by atoms with Gasteiger partial charge < -0.3 is 10.6 Å². The van der Waals surface area contributed by atoms with E-state index >= 15 is 0 Å². The van der Waals surface area contributed by atoms with Gasteiger partial charge in [-0.25, -0.2) is 0 Å². The van der Waals surface area contributed by atoms with Gasteiger partial charge in [0, 0.05) is 25.3 Å². The van der Waals surface area contributed by atoms with Crippen LogP contribution in [0, 0.1) is 11.8 Å². The number of anilines is 1. The van der Waals surface area contributed by atoms with Gasteiger partial charge in [0.1, 0.15) is 0 Å². The van der Waals surface area contributed by atoms with Crippen LogP contribution in [0.15, 0.2) is 24.3 Å². The SMILES string of the molecule is CC1CC1CN(C)c1ccc([C@@H](C)N)cc1. The van der Waals surface area contributed by atoms with Gasteiger partial charge in [0.2, 0.25) is 0 Å². The molecular formula is C14H22N2. The topological polar surface area (TPSA) is 29.3 Å². The molecule has 1 aromatic rings. The molecule has 0 aromatic heterocycles. The lowest BCUT2D eigenvalue weighted by Crippen LogP contribution is -2.20. The Morgan fingerprint density at radius 2 is 1.94 bits per heavy atom. The van der Waals surface area contributed by atoms with E-state index in [4.69, 9.17) is 5.73 Å². The quantitative estimate of drug-likeness (QED) is 0.842. The highest BCUT2D eigenvalue weighted by atomic mass is 15.1. The van der Waals surface area contributed by atoms with E-state index in [0.29, 0.717) is 0 Å². The van der Waals surface area contributed by atoms with E-state index in [-0.39, 0.29) is 6.04 Å². The maximum Gasteiger partial charge on any atom is 0.0363 e. The van der Waals surface area contributed by atoms with Crippen LogP contribution in [0.25, 0.3) is 0 Å². The fraction of sp³-hybridized carbons (Fsp3) is 0.571. The van der Waals surface area contributed by atoms with Crippen molar-refractivity contribution in [3.8, 4) is 0 Å².